The molecule has 0 saturated carbocycles. The van der Waals surface area contributed by atoms with Crippen molar-refractivity contribution in [3.63, 3.8) is 0 Å². The van der Waals surface area contributed by atoms with Crippen molar-refractivity contribution in [2.24, 2.45) is 11.7 Å². The van der Waals surface area contributed by atoms with E-state index in [-0.39, 0.29) is 31.8 Å². The maximum atomic E-state index is 15.1. The van der Waals surface area contributed by atoms with Crippen LogP contribution in [0.15, 0.2) is 146 Å². The molecule has 7 aromatic rings. The van der Waals surface area contributed by atoms with Gasteiger partial charge in [-0.2, -0.15) is 0 Å². The molecule has 1 unspecified atom stereocenters. The summed E-state index contributed by atoms with van der Waals surface area (Å²) in [4.78, 5) is 60.3. The number of benzene rings is 6. The van der Waals surface area contributed by atoms with Crippen molar-refractivity contribution in [3.8, 4) is 0 Å². The Morgan fingerprint density at radius 3 is 2.17 bits per heavy atom. The predicted octanol–water partition coefficient (Wildman–Crippen LogP) is 8.29. The number of esters is 1. The topological polar surface area (TPSA) is 135 Å². The standard InChI is InChI=1S/C49H48N4O5/c1-2-53(40(30-46(50)54)28-34-23-24-35-15-6-7-17-37(35)27-34)48(56)39(29-38-19-12-18-36-16-8-9-20-41(36)38)25-26-45(49(57)58-32-33-13-4-3-5-14-33)52-47(55)43-31-51-44-22-11-10-21-42(43)44/h3-24,27,31,39-40,45,51H,2,25-26,28-30,32H2,1H3,(H2,50,54)(H,52,55)/t39-,40-,45?/m0/s1. The Labute approximate surface area is 338 Å². The number of ether oxygens (including phenoxy) is 1. The van der Waals surface area contributed by atoms with Crippen LogP contribution in [0.1, 0.15) is 53.2 Å². The predicted molar refractivity (Wildman–Crippen MR) is 229 cm³/mol. The monoisotopic (exact) mass is 772 g/mol. The van der Waals surface area contributed by atoms with Crippen molar-refractivity contribution in [1.82, 2.24) is 15.2 Å². The second kappa shape index (κ2) is 18.5. The van der Waals surface area contributed by atoms with E-state index in [1.54, 1.807) is 11.1 Å². The lowest BCUT2D eigenvalue weighted by Crippen LogP contribution is -2.47. The molecule has 7 rings (SSSR count). The van der Waals surface area contributed by atoms with Gasteiger partial charge in [0.2, 0.25) is 11.8 Å². The molecule has 0 radical (unpaired) electrons. The molecule has 3 atom stereocenters. The van der Waals surface area contributed by atoms with Gasteiger partial charge in [0, 0.05) is 42.0 Å². The molecule has 4 N–H and O–H groups in total. The van der Waals surface area contributed by atoms with Crippen LogP contribution >= 0.6 is 0 Å². The fourth-order valence-corrected chi connectivity index (χ4v) is 7.98. The number of carbonyl (C=O) groups excluding carboxylic acids is 4. The van der Waals surface area contributed by atoms with Crippen LogP contribution in [-0.4, -0.2) is 52.2 Å². The average Bonchev–Trinajstić information content (AvgIpc) is 3.68. The molecule has 0 saturated heterocycles. The van der Waals surface area contributed by atoms with E-state index in [0.717, 1.165) is 49.1 Å². The minimum atomic E-state index is -1.05. The zero-order valence-electron chi connectivity index (χ0n) is 32.6. The molecule has 1 aromatic heterocycles. The van der Waals surface area contributed by atoms with Crippen molar-refractivity contribution in [2.45, 2.75) is 57.7 Å². The zero-order chi connectivity index (χ0) is 40.4. The van der Waals surface area contributed by atoms with E-state index in [1.807, 2.05) is 134 Å². The summed E-state index contributed by atoms with van der Waals surface area (Å²) >= 11 is 0. The zero-order valence-corrected chi connectivity index (χ0v) is 32.6. The van der Waals surface area contributed by atoms with Gasteiger partial charge in [0.1, 0.15) is 12.6 Å². The summed E-state index contributed by atoms with van der Waals surface area (Å²) < 4.78 is 5.80. The SMILES string of the molecule is CCN(C(=O)[C@@H](CCC(NC(=O)c1c[nH]c2ccccc12)C(=O)OCc1ccccc1)Cc1cccc2ccccc12)[C@H](CC(N)=O)Cc1ccc2ccccc2c1. The Hall–Kier alpha value is -6.74. The van der Waals surface area contributed by atoms with E-state index < -0.39 is 35.8 Å². The van der Waals surface area contributed by atoms with Crippen LogP contribution in [0.3, 0.4) is 0 Å². The number of likely N-dealkylation sites (N-methyl/N-ethyl adjacent to an activating group) is 1. The number of rotatable bonds is 17. The van der Waals surface area contributed by atoms with Crippen molar-refractivity contribution in [3.05, 3.63) is 168 Å². The Bertz CT molecular complexity index is 2540. The lowest BCUT2D eigenvalue weighted by molar-refractivity contribution is -0.148. The Kier molecular flexibility index (Phi) is 12.6. The van der Waals surface area contributed by atoms with Crippen LogP contribution < -0.4 is 11.1 Å². The number of para-hydroxylation sites is 1. The highest BCUT2D eigenvalue weighted by atomic mass is 16.5. The van der Waals surface area contributed by atoms with E-state index in [1.165, 1.54) is 0 Å². The lowest BCUT2D eigenvalue weighted by Gasteiger charge is -2.34. The van der Waals surface area contributed by atoms with E-state index >= 15 is 4.79 Å². The van der Waals surface area contributed by atoms with Crippen molar-refractivity contribution >= 4 is 56.1 Å². The smallest absolute Gasteiger partial charge is 0.328 e. The quantitative estimate of drug-likeness (QED) is 0.0802. The summed E-state index contributed by atoms with van der Waals surface area (Å²) in [5.41, 5.74) is 9.83. The van der Waals surface area contributed by atoms with Crippen LogP contribution in [0.2, 0.25) is 0 Å². The molecule has 9 nitrogen and oxygen atoms in total. The fraction of sp³-hybridized carbons (Fsp3) is 0.224. The number of nitrogens with one attached hydrogen (secondary N) is 2. The number of nitrogens with two attached hydrogens (primary N) is 1. The first-order chi connectivity index (χ1) is 28.3. The minimum Gasteiger partial charge on any atom is -0.459 e. The minimum absolute atomic E-state index is 0.0114. The highest BCUT2D eigenvalue weighted by Gasteiger charge is 2.33. The second-order valence-electron chi connectivity index (χ2n) is 14.8. The third kappa shape index (κ3) is 9.44. The van der Waals surface area contributed by atoms with Gasteiger partial charge in [0.05, 0.1) is 5.56 Å². The molecule has 0 fully saturated rings. The van der Waals surface area contributed by atoms with Crippen LogP contribution in [0.4, 0.5) is 0 Å². The normalized spacial score (nSPS) is 12.8. The van der Waals surface area contributed by atoms with Crippen LogP contribution in [0, 0.1) is 5.92 Å². The first kappa shape index (κ1) is 39.5. The number of amides is 3. The molecule has 0 aliphatic heterocycles. The van der Waals surface area contributed by atoms with Gasteiger partial charge < -0.3 is 25.7 Å². The largest absolute Gasteiger partial charge is 0.459 e. The van der Waals surface area contributed by atoms with E-state index in [2.05, 4.69) is 22.4 Å². The molecule has 0 aliphatic carbocycles. The maximum Gasteiger partial charge on any atom is 0.328 e. The summed E-state index contributed by atoms with van der Waals surface area (Å²) in [6.45, 7) is 2.29. The summed E-state index contributed by atoms with van der Waals surface area (Å²) in [6, 6.07) is 43.6. The van der Waals surface area contributed by atoms with E-state index in [9.17, 15) is 14.4 Å². The van der Waals surface area contributed by atoms with E-state index in [4.69, 9.17) is 10.5 Å². The number of H-pyrrole nitrogens is 1. The van der Waals surface area contributed by atoms with Gasteiger partial charge in [-0.15, -0.1) is 0 Å². The fourth-order valence-electron chi connectivity index (χ4n) is 7.98. The number of nitrogens with zero attached hydrogens (tertiary/aromatic N) is 1. The summed E-state index contributed by atoms with van der Waals surface area (Å²) in [7, 11) is 0. The number of hydrogen-bond acceptors (Lipinski definition) is 5. The Morgan fingerprint density at radius 2 is 1.40 bits per heavy atom. The average molecular weight is 773 g/mol. The molecule has 3 amide bonds. The number of aromatic amines is 1. The molecular formula is C49H48N4O5. The molecule has 58 heavy (non-hydrogen) atoms. The van der Waals surface area contributed by atoms with Crippen molar-refractivity contribution in [2.75, 3.05) is 6.54 Å². The Balaban J connectivity index is 1.19. The van der Waals surface area contributed by atoms with Crippen LogP contribution in [-0.2, 0) is 38.6 Å². The van der Waals surface area contributed by atoms with Gasteiger partial charge >= 0.3 is 5.97 Å². The number of carbonyl (C=O) groups is 4. The third-order valence-corrected chi connectivity index (χ3v) is 10.9. The number of aromatic nitrogens is 1. The number of primary amides is 1. The molecular weight excluding hydrogens is 725 g/mol. The van der Waals surface area contributed by atoms with Gasteiger partial charge in [-0.25, -0.2) is 4.79 Å². The van der Waals surface area contributed by atoms with Gasteiger partial charge in [0.25, 0.3) is 5.91 Å². The molecule has 0 aliphatic rings. The lowest BCUT2D eigenvalue weighted by atomic mass is 9.88. The van der Waals surface area contributed by atoms with E-state index in [0.29, 0.717) is 24.9 Å². The number of fused-ring (bicyclic) bond motifs is 3. The Morgan fingerprint density at radius 1 is 0.707 bits per heavy atom. The van der Waals surface area contributed by atoms with Crippen LogP contribution in [0.5, 0.6) is 0 Å². The summed E-state index contributed by atoms with van der Waals surface area (Å²) in [5, 5.41) is 7.94. The highest BCUT2D eigenvalue weighted by Crippen LogP contribution is 2.28. The first-order valence-corrected chi connectivity index (χ1v) is 19.9. The molecule has 294 valence electrons. The first-order valence-electron chi connectivity index (χ1n) is 19.9. The molecule has 6 aromatic carbocycles. The second-order valence-corrected chi connectivity index (χ2v) is 14.8. The molecule has 0 bridgehead atoms. The molecule has 1 heterocycles. The molecule has 0 spiro atoms. The van der Waals surface area contributed by atoms with Crippen molar-refractivity contribution in [1.29, 1.82) is 0 Å². The van der Waals surface area contributed by atoms with Gasteiger partial charge in [0.15, 0.2) is 0 Å². The van der Waals surface area contributed by atoms with Gasteiger partial charge in [-0.3, -0.25) is 14.4 Å². The summed E-state index contributed by atoms with van der Waals surface area (Å²) in [5.74, 6) is -2.29. The summed E-state index contributed by atoms with van der Waals surface area (Å²) in [6.07, 6.45) is 2.81. The third-order valence-electron chi connectivity index (χ3n) is 10.9. The van der Waals surface area contributed by atoms with Gasteiger partial charge in [-0.05, 0) is 76.9 Å². The van der Waals surface area contributed by atoms with Crippen molar-refractivity contribution < 1.29 is 23.9 Å². The van der Waals surface area contributed by atoms with Gasteiger partial charge in [-0.1, -0.05) is 133 Å². The maximum absolute atomic E-state index is 15.1. The number of hydrogen-bond donors (Lipinski definition) is 3. The van der Waals surface area contributed by atoms with Crippen LogP contribution in [0.25, 0.3) is 32.4 Å². The molecule has 9 heteroatoms. The highest BCUT2D eigenvalue weighted by molar-refractivity contribution is 6.07.